The third-order valence-corrected chi connectivity index (χ3v) is 3.68. The molecular weight excluding hydrogens is 230 g/mol. The molecule has 0 aliphatic carbocycles. The summed E-state index contributed by atoms with van der Waals surface area (Å²) in [6.45, 7) is 8.81. The van der Waals surface area contributed by atoms with E-state index in [0.717, 1.165) is 19.4 Å². The van der Waals surface area contributed by atoms with E-state index >= 15 is 0 Å². The molecule has 0 bridgehead atoms. The lowest BCUT2D eigenvalue weighted by Crippen LogP contribution is -2.49. The normalized spacial score (nSPS) is 20.3. The number of hydrogen-bond acceptors (Lipinski definition) is 2. The Hall–Kier alpha value is -1.26. The maximum Gasteiger partial charge on any atom is 0.317 e. The van der Waals surface area contributed by atoms with Gasteiger partial charge >= 0.3 is 6.03 Å². The van der Waals surface area contributed by atoms with Crippen molar-refractivity contribution in [3.05, 3.63) is 0 Å². The van der Waals surface area contributed by atoms with Crippen molar-refractivity contribution in [2.45, 2.75) is 46.6 Å². The summed E-state index contributed by atoms with van der Waals surface area (Å²) in [5.41, 5.74) is 4.58. The molecule has 3 amide bonds. The Bertz CT molecular complexity index is 326. The molecule has 0 spiro atoms. The lowest BCUT2D eigenvalue weighted by atomic mass is 9.93. The molecule has 1 atom stereocenters. The molecule has 5 nitrogen and oxygen atoms in total. The monoisotopic (exact) mass is 255 g/mol. The first-order valence-electron chi connectivity index (χ1n) is 6.60. The van der Waals surface area contributed by atoms with Gasteiger partial charge in [-0.1, -0.05) is 13.8 Å². The fourth-order valence-corrected chi connectivity index (χ4v) is 2.22. The van der Waals surface area contributed by atoms with E-state index in [4.69, 9.17) is 5.73 Å². The summed E-state index contributed by atoms with van der Waals surface area (Å²) in [5, 5.41) is 2.82. The van der Waals surface area contributed by atoms with Crippen molar-refractivity contribution in [1.82, 2.24) is 10.2 Å². The van der Waals surface area contributed by atoms with Crippen LogP contribution >= 0.6 is 0 Å². The summed E-state index contributed by atoms with van der Waals surface area (Å²) in [7, 11) is 0. The van der Waals surface area contributed by atoms with E-state index in [2.05, 4.69) is 19.2 Å². The van der Waals surface area contributed by atoms with Crippen LogP contribution in [0, 0.1) is 11.3 Å². The fraction of sp³-hybridized carbons (Fsp3) is 0.846. The van der Waals surface area contributed by atoms with Gasteiger partial charge in [0.1, 0.15) is 0 Å². The van der Waals surface area contributed by atoms with Crippen molar-refractivity contribution in [3.63, 3.8) is 0 Å². The maximum absolute atomic E-state index is 12.1. The zero-order valence-corrected chi connectivity index (χ0v) is 11.8. The minimum Gasteiger partial charge on any atom is -0.369 e. The SMILES string of the molecule is CC(C)[C@H]1CCCN1C(=O)NCC(C)(C)C(N)=O. The largest absolute Gasteiger partial charge is 0.369 e. The number of hydrogen-bond donors (Lipinski definition) is 2. The molecule has 0 aromatic carbocycles. The second-order valence-corrected chi connectivity index (χ2v) is 6.05. The molecule has 3 N–H and O–H groups in total. The second-order valence-electron chi connectivity index (χ2n) is 6.05. The molecule has 0 aromatic rings. The average Bonchev–Trinajstić information content (AvgIpc) is 2.74. The molecule has 1 saturated heterocycles. The Morgan fingerprint density at radius 3 is 2.56 bits per heavy atom. The van der Waals surface area contributed by atoms with E-state index in [1.54, 1.807) is 13.8 Å². The van der Waals surface area contributed by atoms with Crippen molar-refractivity contribution in [1.29, 1.82) is 0 Å². The number of nitrogens with two attached hydrogens (primary N) is 1. The van der Waals surface area contributed by atoms with Gasteiger partial charge in [-0.15, -0.1) is 0 Å². The van der Waals surface area contributed by atoms with Gasteiger partial charge < -0.3 is 16.0 Å². The quantitative estimate of drug-likeness (QED) is 0.795. The summed E-state index contributed by atoms with van der Waals surface area (Å²) in [4.78, 5) is 25.2. The van der Waals surface area contributed by atoms with Crippen molar-refractivity contribution in [2.75, 3.05) is 13.1 Å². The Labute approximate surface area is 109 Å². The molecule has 104 valence electrons. The highest BCUT2D eigenvalue weighted by atomic mass is 16.2. The molecule has 0 unspecified atom stereocenters. The minimum atomic E-state index is -0.706. The van der Waals surface area contributed by atoms with E-state index in [1.807, 2.05) is 4.90 Å². The van der Waals surface area contributed by atoms with Crippen LogP contribution in [0.3, 0.4) is 0 Å². The van der Waals surface area contributed by atoms with Gasteiger partial charge in [-0.05, 0) is 32.6 Å². The zero-order chi connectivity index (χ0) is 13.9. The number of urea groups is 1. The number of nitrogens with zero attached hydrogens (tertiary/aromatic N) is 1. The predicted molar refractivity (Wildman–Crippen MR) is 70.9 cm³/mol. The molecular formula is C13H25N3O2. The van der Waals surface area contributed by atoms with Crippen LogP contribution in [0.4, 0.5) is 4.79 Å². The Balaban J connectivity index is 2.53. The fourth-order valence-electron chi connectivity index (χ4n) is 2.22. The molecule has 1 rings (SSSR count). The van der Waals surface area contributed by atoms with Crippen LogP contribution in [0.15, 0.2) is 0 Å². The van der Waals surface area contributed by atoms with Crippen LogP contribution in [0.25, 0.3) is 0 Å². The highest BCUT2D eigenvalue weighted by molar-refractivity contribution is 5.81. The lowest BCUT2D eigenvalue weighted by molar-refractivity contribution is -0.125. The number of primary amides is 1. The molecule has 0 aromatic heterocycles. The molecule has 1 aliphatic rings. The van der Waals surface area contributed by atoms with E-state index < -0.39 is 11.3 Å². The highest BCUT2D eigenvalue weighted by Gasteiger charge is 2.32. The van der Waals surface area contributed by atoms with E-state index in [1.165, 1.54) is 0 Å². The second kappa shape index (κ2) is 5.59. The summed E-state index contributed by atoms with van der Waals surface area (Å²) in [5.74, 6) is 0.0621. The van der Waals surface area contributed by atoms with E-state index in [-0.39, 0.29) is 12.6 Å². The predicted octanol–water partition coefficient (Wildman–Crippen LogP) is 1.33. The molecule has 1 heterocycles. The molecule has 0 saturated carbocycles. The van der Waals surface area contributed by atoms with Crippen molar-refractivity contribution in [3.8, 4) is 0 Å². The van der Waals surface area contributed by atoms with Crippen molar-refractivity contribution in [2.24, 2.45) is 17.1 Å². The molecule has 1 aliphatic heterocycles. The van der Waals surface area contributed by atoms with Gasteiger partial charge in [0.25, 0.3) is 0 Å². The third-order valence-electron chi connectivity index (χ3n) is 3.68. The Kier molecular flexibility index (Phi) is 4.59. The Morgan fingerprint density at radius 2 is 2.06 bits per heavy atom. The zero-order valence-electron chi connectivity index (χ0n) is 11.8. The first kappa shape index (κ1) is 14.8. The van der Waals surface area contributed by atoms with Crippen LogP contribution in [-0.4, -0.2) is 36.0 Å². The molecule has 0 radical (unpaired) electrons. The number of carbonyl (C=O) groups excluding carboxylic acids is 2. The standard InChI is InChI=1S/C13H25N3O2/c1-9(2)10-6-5-7-16(10)12(18)15-8-13(3,4)11(14)17/h9-10H,5-8H2,1-4H3,(H2,14,17)(H,15,18)/t10-/m1/s1. The highest BCUT2D eigenvalue weighted by Crippen LogP contribution is 2.23. The van der Waals surface area contributed by atoms with Crippen LogP contribution in [0.1, 0.15) is 40.5 Å². The molecule has 18 heavy (non-hydrogen) atoms. The van der Waals surface area contributed by atoms with Crippen LogP contribution in [0.5, 0.6) is 0 Å². The molecule has 5 heteroatoms. The Morgan fingerprint density at radius 1 is 1.44 bits per heavy atom. The van der Waals surface area contributed by atoms with Crippen molar-refractivity contribution >= 4 is 11.9 Å². The van der Waals surface area contributed by atoms with E-state index in [0.29, 0.717) is 12.0 Å². The summed E-state index contributed by atoms with van der Waals surface area (Å²) in [6.07, 6.45) is 2.11. The third kappa shape index (κ3) is 3.37. The lowest BCUT2D eigenvalue weighted by Gasteiger charge is -2.29. The first-order valence-corrected chi connectivity index (χ1v) is 6.60. The first-order chi connectivity index (χ1) is 8.25. The maximum atomic E-state index is 12.1. The summed E-state index contributed by atoms with van der Waals surface area (Å²) in [6, 6.07) is 0.224. The number of nitrogens with one attached hydrogen (secondary N) is 1. The van der Waals surface area contributed by atoms with Crippen molar-refractivity contribution < 1.29 is 9.59 Å². The summed E-state index contributed by atoms with van der Waals surface area (Å²) >= 11 is 0. The topological polar surface area (TPSA) is 75.4 Å². The van der Waals surface area contributed by atoms with Gasteiger partial charge in [0, 0.05) is 19.1 Å². The van der Waals surface area contributed by atoms with Crippen LogP contribution in [0.2, 0.25) is 0 Å². The smallest absolute Gasteiger partial charge is 0.317 e. The van der Waals surface area contributed by atoms with Gasteiger partial charge in [-0.3, -0.25) is 4.79 Å². The van der Waals surface area contributed by atoms with Crippen LogP contribution in [-0.2, 0) is 4.79 Å². The number of carbonyl (C=O) groups is 2. The van der Waals surface area contributed by atoms with Gasteiger partial charge in [-0.25, -0.2) is 4.79 Å². The van der Waals surface area contributed by atoms with Gasteiger partial charge in [0.2, 0.25) is 5.91 Å². The van der Waals surface area contributed by atoms with Crippen LogP contribution < -0.4 is 11.1 Å². The van der Waals surface area contributed by atoms with E-state index in [9.17, 15) is 9.59 Å². The average molecular weight is 255 g/mol. The van der Waals surface area contributed by atoms with Gasteiger partial charge in [-0.2, -0.15) is 0 Å². The van der Waals surface area contributed by atoms with Gasteiger partial charge in [0.15, 0.2) is 0 Å². The minimum absolute atomic E-state index is 0.0828. The number of likely N-dealkylation sites (tertiary alicyclic amines) is 1. The number of rotatable bonds is 4. The van der Waals surface area contributed by atoms with Gasteiger partial charge in [0.05, 0.1) is 5.41 Å². The molecule has 1 fully saturated rings. The summed E-state index contributed by atoms with van der Waals surface area (Å²) < 4.78 is 0. The number of amides is 3.